The third kappa shape index (κ3) is 4.49. The molecule has 1 N–H and O–H groups in total. The summed E-state index contributed by atoms with van der Waals surface area (Å²) in [6.07, 6.45) is 0.960. The molecule has 0 fully saturated rings. The van der Waals surface area contributed by atoms with Crippen molar-refractivity contribution in [3.8, 4) is 5.75 Å². The molecular weight excluding hydrogens is 361 g/mol. The first kappa shape index (κ1) is 22.6. The summed E-state index contributed by atoms with van der Waals surface area (Å²) in [4.78, 5) is 4.44. The molecule has 2 unspecified atom stereocenters. The number of aryl methyl sites for hydroxylation is 2. The van der Waals surface area contributed by atoms with E-state index in [1.54, 1.807) is 0 Å². The summed E-state index contributed by atoms with van der Waals surface area (Å²) in [5.74, 6) is 0.445. The minimum atomic E-state index is -0.134. The molecule has 3 heteroatoms. The summed E-state index contributed by atoms with van der Waals surface area (Å²) in [5, 5.41) is 12.2. The minimum Gasteiger partial charge on any atom is -0.507 e. The summed E-state index contributed by atoms with van der Waals surface area (Å²) in [7, 11) is 2.40. The fourth-order valence-corrected chi connectivity index (χ4v) is 5.24. The number of aliphatic imine (C=N–C) groups is 1. The van der Waals surface area contributed by atoms with Crippen molar-refractivity contribution in [1.29, 1.82) is 0 Å². The molecule has 152 valence electrons. The van der Waals surface area contributed by atoms with Crippen LogP contribution in [0.1, 0.15) is 75.8 Å². The highest BCUT2D eigenvalue weighted by atomic mass is 31.1. The standard InChI is InChI=1S/C25H36NOP/c1-10-25(8,21-15-19(24(5,6)7)14-17(3)22(21)27)28-23-16(2)12-11-13-20(23)18(4)26-9/h11-15,27-28H,10H2,1-9H3. The van der Waals surface area contributed by atoms with Crippen LogP contribution in [0.25, 0.3) is 0 Å². The smallest absolute Gasteiger partial charge is 0.122 e. The molecule has 2 atom stereocenters. The Kier molecular flexibility index (Phi) is 6.77. The van der Waals surface area contributed by atoms with Gasteiger partial charge in [0.05, 0.1) is 0 Å². The topological polar surface area (TPSA) is 32.6 Å². The monoisotopic (exact) mass is 397 g/mol. The maximum Gasteiger partial charge on any atom is 0.122 e. The van der Waals surface area contributed by atoms with Crippen LogP contribution in [0.15, 0.2) is 35.3 Å². The van der Waals surface area contributed by atoms with Crippen molar-refractivity contribution in [1.82, 2.24) is 0 Å². The maximum absolute atomic E-state index is 11.0. The Balaban J connectivity index is 2.67. The van der Waals surface area contributed by atoms with Gasteiger partial charge in [-0.15, -0.1) is 0 Å². The van der Waals surface area contributed by atoms with Crippen LogP contribution in [0, 0.1) is 13.8 Å². The van der Waals surface area contributed by atoms with Crippen LogP contribution in [0.4, 0.5) is 0 Å². The summed E-state index contributed by atoms with van der Waals surface area (Å²) in [5.41, 5.74) is 6.93. The van der Waals surface area contributed by atoms with E-state index in [1.807, 2.05) is 14.0 Å². The first-order valence-corrected chi connectivity index (χ1v) is 11.1. The molecule has 0 aliphatic heterocycles. The number of rotatable bonds is 5. The number of aromatic hydroxyl groups is 1. The maximum atomic E-state index is 11.0. The molecule has 0 radical (unpaired) electrons. The lowest BCUT2D eigenvalue weighted by molar-refractivity contribution is 0.450. The first-order chi connectivity index (χ1) is 12.9. The Labute approximate surface area is 173 Å². The molecule has 0 saturated heterocycles. The molecule has 0 spiro atoms. The van der Waals surface area contributed by atoms with Gasteiger partial charge in [0, 0.05) is 29.0 Å². The van der Waals surface area contributed by atoms with E-state index in [2.05, 4.69) is 83.8 Å². The first-order valence-electron chi connectivity index (χ1n) is 10.1. The van der Waals surface area contributed by atoms with E-state index in [0.29, 0.717) is 14.3 Å². The van der Waals surface area contributed by atoms with Gasteiger partial charge in [-0.3, -0.25) is 4.99 Å². The minimum absolute atomic E-state index is 0.0459. The van der Waals surface area contributed by atoms with E-state index < -0.39 is 0 Å². The lowest BCUT2D eigenvalue weighted by atomic mass is 9.82. The Morgan fingerprint density at radius 3 is 2.25 bits per heavy atom. The molecule has 0 saturated carbocycles. The largest absolute Gasteiger partial charge is 0.507 e. The van der Waals surface area contributed by atoms with E-state index in [4.69, 9.17) is 0 Å². The second-order valence-corrected chi connectivity index (χ2v) is 10.9. The molecular formula is C25H36NOP. The molecule has 0 amide bonds. The zero-order valence-electron chi connectivity index (χ0n) is 19.0. The van der Waals surface area contributed by atoms with Gasteiger partial charge in [0.15, 0.2) is 0 Å². The van der Waals surface area contributed by atoms with Crippen molar-refractivity contribution in [3.63, 3.8) is 0 Å². The average Bonchev–Trinajstić information content (AvgIpc) is 2.63. The van der Waals surface area contributed by atoms with Crippen molar-refractivity contribution in [3.05, 3.63) is 58.1 Å². The Hall–Kier alpha value is -1.66. The zero-order chi connectivity index (χ0) is 21.3. The van der Waals surface area contributed by atoms with E-state index in [9.17, 15) is 5.11 Å². The average molecular weight is 398 g/mol. The van der Waals surface area contributed by atoms with Gasteiger partial charge in [0.1, 0.15) is 5.75 Å². The van der Waals surface area contributed by atoms with Gasteiger partial charge in [0.25, 0.3) is 0 Å². The lowest BCUT2D eigenvalue weighted by Gasteiger charge is -2.33. The van der Waals surface area contributed by atoms with E-state index in [-0.39, 0.29) is 10.6 Å². The number of benzene rings is 2. The van der Waals surface area contributed by atoms with Gasteiger partial charge in [-0.2, -0.15) is 0 Å². The second kappa shape index (κ2) is 8.37. The van der Waals surface area contributed by atoms with Gasteiger partial charge < -0.3 is 5.11 Å². The van der Waals surface area contributed by atoms with Crippen LogP contribution < -0.4 is 5.30 Å². The Bertz CT molecular complexity index is 892. The van der Waals surface area contributed by atoms with Gasteiger partial charge in [-0.1, -0.05) is 73.5 Å². The Morgan fingerprint density at radius 1 is 1.07 bits per heavy atom. The molecule has 2 aromatic rings. The summed E-state index contributed by atoms with van der Waals surface area (Å²) in [6, 6.07) is 10.8. The highest BCUT2D eigenvalue weighted by Crippen LogP contribution is 2.49. The van der Waals surface area contributed by atoms with Gasteiger partial charge in [-0.25, -0.2) is 0 Å². The van der Waals surface area contributed by atoms with Crippen LogP contribution in [-0.2, 0) is 10.6 Å². The van der Waals surface area contributed by atoms with E-state index in [1.165, 1.54) is 22.0 Å². The second-order valence-electron chi connectivity index (χ2n) is 9.06. The molecule has 0 aliphatic rings. The van der Waals surface area contributed by atoms with Crippen LogP contribution >= 0.6 is 8.58 Å². The summed E-state index contributed by atoms with van der Waals surface area (Å²) >= 11 is 0. The van der Waals surface area contributed by atoms with Crippen molar-refractivity contribution in [2.45, 2.75) is 72.4 Å². The molecule has 2 nitrogen and oxygen atoms in total. The van der Waals surface area contributed by atoms with Crippen LogP contribution in [-0.4, -0.2) is 17.9 Å². The molecule has 2 rings (SSSR count). The fraction of sp³-hybridized carbons (Fsp3) is 0.480. The van der Waals surface area contributed by atoms with Crippen LogP contribution in [0.5, 0.6) is 5.75 Å². The van der Waals surface area contributed by atoms with Gasteiger partial charge in [-0.05, 0) is 54.6 Å². The number of hydrogen-bond acceptors (Lipinski definition) is 2. The predicted octanol–water partition coefficient (Wildman–Crippen LogP) is 6.37. The molecule has 2 aromatic carbocycles. The number of phenolic OH excluding ortho intramolecular Hbond substituents is 1. The SMILES string of the molecule is CCC(C)(Pc1c(C)cccc1C(C)=NC)c1cc(C(C)(C)C)cc(C)c1O. The number of nitrogens with zero attached hydrogens (tertiary/aromatic N) is 1. The molecule has 0 aromatic heterocycles. The summed E-state index contributed by atoms with van der Waals surface area (Å²) < 4.78 is 0. The third-order valence-corrected chi connectivity index (χ3v) is 7.96. The third-order valence-electron chi connectivity index (χ3n) is 5.87. The Morgan fingerprint density at radius 2 is 1.71 bits per heavy atom. The van der Waals surface area contributed by atoms with E-state index >= 15 is 0 Å². The molecule has 0 bridgehead atoms. The number of hydrogen-bond donors (Lipinski definition) is 1. The summed E-state index contributed by atoms with van der Waals surface area (Å²) in [6.45, 7) is 17.5. The van der Waals surface area contributed by atoms with Crippen molar-refractivity contribution in [2.75, 3.05) is 7.05 Å². The van der Waals surface area contributed by atoms with Crippen molar-refractivity contribution < 1.29 is 5.11 Å². The highest BCUT2D eigenvalue weighted by Gasteiger charge is 2.32. The van der Waals surface area contributed by atoms with Crippen molar-refractivity contribution >= 4 is 19.6 Å². The van der Waals surface area contributed by atoms with Crippen molar-refractivity contribution in [2.24, 2.45) is 4.99 Å². The van der Waals surface area contributed by atoms with Crippen LogP contribution in [0.2, 0.25) is 0 Å². The predicted molar refractivity (Wildman–Crippen MR) is 126 cm³/mol. The zero-order valence-corrected chi connectivity index (χ0v) is 20.0. The molecule has 0 aliphatic carbocycles. The molecule has 0 heterocycles. The fourth-order valence-electron chi connectivity index (χ4n) is 3.51. The van der Waals surface area contributed by atoms with Gasteiger partial charge in [0.2, 0.25) is 0 Å². The normalized spacial score (nSPS) is 15.2. The highest BCUT2D eigenvalue weighted by molar-refractivity contribution is 7.49. The quantitative estimate of drug-likeness (QED) is 0.461. The van der Waals surface area contributed by atoms with E-state index in [0.717, 1.165) is 23.3 Å². The lowest BCUT2D eigenvalue weighted by Crippen LogP contribution is -2.24. The molecule has 28 heavy (non-hydrogen) atoms. The van der Waals surface area contributed by atoms with Gasteiger partial charge >= 0.3 is 0 Å². The van der Waals surface area contributed by atoms with Crippen LogP contribution in [0.3, 0.4) is 0 Å². The number of phenols is 1.